The number of piperazine rings is 1. The average molecular weight is 566 g/mol. The van der Waals surface area contributed by atoms with Gasteiger partial charge in [-0.3, -0.25) is 9.89 Å². The standard InChI is InChI=1S/C24H47N5O2.HI/c1-5-25-24(26-18-23(20(2)3)28-15-13-27(4)14-16-28)29-11-9-21(10-12-29)31-19-22-8-6-7-17-30-22;/h20-23H,5-19H2,1-4H3,(H,25,26);1H. The van der Waals surface area contributed by atoms with Crippen molar-refractivity contribution >= 4 is 29.9 Å². The molecule has 188 valence electrons. The molecule has 0 aromatic heterocycles. The number of nitrogens with one attached hydrogen (secondary N) is 1. The van der Waals surface area contributed by atoms with Gasteiger partial charge < -0.3 is 24.6 Å². The van der Waals surface area contributed by atoms with Crippen molar-refractivity contribution in [3.63, 3.8) is 0 Å². The number of likely N-dealkylation sites (N-methyl/N-ethyl adjacent to an activating group) is 1. The first-order valence-corrected chi connectivity index (χ1v) is 12.8. The Morgan fingerprint density at radius 3 is 2.38 bits per heavy atom. The van der Waals surface area contributed by atoms with Crippen molar-refractivity contribution in [3.8, 4) is 0 Å². The van der Waals surface area contributed by atoms with Crippen LogP contribution in [0.4, 0.5) is 0 Å². The van der Waals surface area contributed by atoms with E-state index in [0.717, 1.165) is 90.8 Å². The summed E-state index contributed by atoms with van der Waals surface area (Å²) in [5, 5.41) is 3.54. The predicted octanol–water partition coefficient (Wildman–Crippen LogP) is 2.89. The Balaban J connectivity index is 0.00000363. The summed E-state index contributed by atoms with van der Waals surface area (Å²) < 4.78 is 12.0. The number of hydrogen-bond acceptors (Lipinski definition) is 5. The van der Waals surface area contributed by atoms with E-state index in [1.165, 1.54) is 12.8 Å². The topological polar surface area (TPSA) is 52.6 Å². The molecule has 0 aromatic rings. The van der Waals surface area contributed by atoms with Gasteiger partial charge >= 0.3 is 0 Å². The van der Waals surface area contributed by atoms with Crippen LogP contribution in [0, 0.1) is 5.92 Å². The monoisotopic (exact) mass is 565 g/mol. The number of hydrogen-bond donors (Lipinski definition) is 1. The van der Waals surface area contributed by atoms with Crippen LogP contribution in [0.25, 0.3) is 0 Å². The molecular formula is C24H48IN5O2. The van der Waals surface area contributed by atoms with E-state index in [2.05, 4.69) is 47.8 Å². The van der Waals surface area contributed by atoms with E-state index in [1.807, 2.05) is 0 Å². The molecule has 0 amide bonds. The molecule has 0 aliphatic carbocycles. The molecule has 0 radical (unpaired) electrons. The van der Waals surface area contributed by atoms with E-state index >= 15 is 0 Å². The lowest BCUT2D eigenvalue weighted by atomic mass is 10.0. The zero-order valence-electron chi connectivity index (χ0n) is 20.9. The molecule has 0 aromatic carbocycles. The minimum atomic E-state index is 0. The van der Waals surface area contributed by atoms with Crippen LogP contribution in [0.3, 0.4) is 0 Å². The van der Waals surface area contributed by atoms with Crippen LogP contribution < -0.4 is 5.32 Å². The zero-order chi connectivity index (χ0) is 22.1. The summed E-state index contributed by atoms with van der Waals surface area (Å²) in [6.07, 6.45) is 6.45. The van der Waals surface area contributed by atoms with E-state index in [-0.39, 0.29) is 24.0 Å². The number of likely N-dealkylation sites (tertiary alicyclic amines) is 1. The van der Waals surface area contributed by atoms with Gasteiger partial charge in [-0.25, -0.2) is 0 Å². The number of nitrogens with zero attached hydrogens (tertiary/aromatic N) is 4. The highest BCUT2D eigenvalue weighted by molar-refractivity contribution is 14.0. The highest BCUT2D eigenvalue weighted by Crippen LogP contribution is 2.19. The van der Waals surface area contributed by atoms with Gasteiger partial charge in [0.15, 0.2) is 5.96 Å². The molecule has 32 heavy (non-hydrogen) atoms. The maximum atomic E-state index is 6.21. The van der Waals surface area contributed by atoms with Crippen LogP contribution in [0.5, 0.6) is 0 Å². The molecule has 2 unspecified atom stereocenters. The van der Waals surface area contributed by atoms with Crippen molar-refractivity contribution in [1.29, 1.82) is 0 Å². The fourth-order valence-electron chi connectivity index (χ4n) is 4.92. The smallest absolute Gasteiger partial charge is 0.193 e. The van der Waals surface area contributed by atoms with E-state index < -0.39 is 0 Å². The van der Waals surface area contributed by atoms with Gasteiger partial charge in [-0.05, 0) is 52.0 Å². The van der Waals surface area contributed by atoms with Crippen molar-refractivity contribution < 1.29 is 9.47 Å². The Labute approximate surface area is 213 Å². The summed E-state index contributed by atoms with van der Waals surface area (Å²) in [5.41, 5.74) is 0. The Hall–Kier alpha value is -0.160. The zero-order valence-corrected chi connectivity index (χ0v) is 23.3. The second kappa shape index (κ2) is 15.0. The van der Waals surface area contributed by atoms with Gasteiger partial charge in [0, 0.05) is 58.5 Å². The summed E-state index contributed by atoms with van der Waals surface area (Å²) in [5.74, 6) is 1.69. The summed E-state index contributed by atoms with van der Waals surface area (Å²) in [4.78, 5) is 12.6. The SMILES string of the molecule is CCNC(=NCC(C(C)C)N1CCN(C)CC1)N1CCC(OCC2CCCCO2)CC1.I. The van der Waals surface area contributed by atoms with Gasteiger partial charge in [0.05, 0.1) is 25.4 Å². The fraction of sp³-hybridized carbons (Fsp3) is 0.958. The van der Waals surface area contributed by atoms with Crippen molar-refractivity contribution in [2.75, 3.05) is 72.6 Å². The van der Waals surface area contributed by atoms with E-state index in [1.54, 1.807) is 0 Å². The number of guanidine groups is 1. The van der Waals surface area contributed by atoms with E-state index in [0.29, 0.717) is 24.2 Å². The van der Waals surface area contributed by atoms with Crippen LogP contribution >= 0.6 is 24.0 Å². The van der Waals surface area contributed by atoms with Crippen LogP contribution in [-0.4, -0.2) is 112 Å². The lowest BCUT2D eigenvalue weighted by Gasteiger charge is -2.39. The van der Waals surface area contributed by atoms with Crippen LogP contribution in [-0.2, 0) is 9.47 Å². The quantitative estimate of drug-likeness (QED) is 0.278. The van der Waals surface area contributed by atoms with Crippen LogP contribution in [0.1, 0.15) is 52.9 Å². The van der Waals surface area contributed by atoms with Gasteiger partial charge in [-0.2, -0.15) is 0 Å². The van der Waals surface area contributed by atoms with E-state index in [9.17, 15) is 0 Å². The van der Waals surface area contributed by atoms with Gasteiger partial charge in [-0.15, -0.1) is 24.0 Å². The maximum absolute atomic E-state index is 6.21. The minimum absolute atomic E-state index is 0. The van der Waals surface area contributed by atoms with E-state index in [4.69, 9.17) is 14.5 Å². The Morgan fingerprint density at radius 2 is 1.78 bits per heavy atom. The Morgan fingerprint density at radius 1 is 1.06 bits per heavy atom. The number of aliphatic imine (C=N–C) groups is 1. The molecule has 0 saturated carbocycles. The van der Waals surface area contributed by atoms with Crippen LogP contribution in [0.2, 0.25) is 0 Å². The number of halogens is 1. The molecule has 2 atom stereocenters. The number of ether oxygens (including phenoxy) is 2. The molecule has 0 spiro atoms. The highest BCUT2D eigenvalue weighted by atomic mass is 127. The molecule has 8 heteroatoms. The third-order valence-electron chi connectivity index (χ3n) is 7.07. The van der Waals surface area contributed by atoms with Crippen LogP contribution in [0.15, 0.2) is 4.99 Å². The van der Waals surface area contributed by atoms with Gasteiger partial charge in [0.1, 0.15) is 0 Å². The predicted molar refractivity (Wildman–Crippen MR) is 143 cm³/mol. The second-order valence-corrected chi connectivity index (χ2v) is 9.85. The lowest BCUT2D eigenvalue weighted by Crippen LogP contribution is -2.52. The molecule has 1 N–H and O–H groups in total. The molecule has 3 rings (SSSR count). The molecule has 3 heterocycles. The third kappa shape index (κ3) is 8.89. The summed E-state index contributed by atoms with van der Waals surface area (Å²) in [6.45, 7) is 16.9. The largest absolute Gasteiger partial charge is 0.376 e. The molecular weight excluding hydrogens is 517 g/mol. The number of rotatable bonds is 8. The molecule has 7 nitrogen and oxygen atoms in total. The fourth-order valence-corrected chi connectivity index (χ4v) is 4.92. The summed E-state index contributed by atoms with van der Waals surface area (Å²) in [7, 11) is 2.22. The van der Waals surface area contributed by atoms with Gasteiger partial charge in [-0.1, -0.05) is 13.8 Å². The Kier molecular flexibility index (Phi) is 13.1. The molecule has 3 fully saturated rings. The van der Waals surface area contributed by atoms with Crippen molar-refractivity contribution in [3.05, 3.63) is 0 Å². The minimum Gasteiger partial charge on any atom is -0.376 e. The average Bonchev–Trinajstić information content (AvgIpc) is 2.79. The van der Waals surface area contributed by atoms with Crippen molar-refractivity contribution in [2.24, 2.45) is 10.9 Å². The summed E-state index contributed by atoms with van der Waals surface area (Å²) >= 11 is 0. The number of piperidine rings is 1. The van der Waals surface area contributed by atoms with Crippen molar-refractivity contribution in [2.45, 2.75) is 71.1 Å². The summed E-state index contributed by atoms with van der Waals surface area (Å²) in [6, 6.07) is 0.513. The first-order valence-electron chi connectivity index (χ1n) is 12.8. The molecule has 3 aliphatic rings. The molecule has 0 bridgehead atoms. The first-order chi connectivity index (χ1) is 15.1. The molecule has 3 aliphatic heterocycles. The normalized spacial score (nSPS) is 25.6. The first kappa shape index (κ1) is 28.1. The maximum Gasteiger partial charge on any atom is 0.193 e. The third-order valence-corrected chi connectivity index (χ3v) is 7.07. The van der Waals surface area contributed by atoms with Gasteiger partial charge in [0.25, 0.3) is 0 Å². The molecule has 3 saturated heterocycles. The van der Waals surface area contributed by atoms with Crippen molar-refractivity contribution in [1.82, 2.24) is 20.0 Å². The highest BCUT2D eigenvalue weighted by Gasteiger charge is 2.27. The Bertz CT molecular complexity index is 528. The second-order valence-electron chi connectivity index (χ2n) is 9.85. The lowest BCUT2D eigenvalue weighted by molar-refractivity contribution is -0.0721. The van der Waals surface area contributed by atoms with Gasteiger partial charge in [0.2, 0.25) is 0 Å².